The fraction of sp³-hybridized carbons (Fsp3) is 1.00. The lowest BCUT2D eigenvalue weighted by Crippen LogP contribution is -2.39. The fourth-order valence-corrected chi connectivity index (χ4v) is 3.30. The van der Waals surface area contributed by atoms with Gasteiger partial charge >= 0.3 is 0 Å². The second-order valence-electron chi connectivity index (χ2n) is 3.34. The van der Waals surface area contributed by atoms with E-state index in [1.807, 2.05) is 0 Å². The van der Waals surface area contributed by atoms with Crippen molar-refractivity contribution < 1.29 is 13.5 Å². The molecule has 2 atom stereocenters. The molecule has 11 heavy (non-hydrogen) atoms. The zero-order valence-corrected chi connectivity index (χ0v) is 7.63. The quantitative estimate of drug-likeness (QED) is 0.581. The van der Waals surface area contributed by atoms with E-state index in [0.29, 0.717) is 12.8 Å². The van der Waals surface area contributed by atoms with E-state index >= 15 is 0 Å². The Kier molecular flexibility index (Phi) is 2.25. The second-order valence-corrected chi connectivity index (χ2v) is 6.12. The van der Waals surface area contributed by atoms with Crippen LogP contribution in [0.2, 0.25) is 0 Å². The average molecular weight is 178 g/mol. The SMILES string of the molecule is CC1CC(O)CC(C)S1(=O)=O. The molecule has 0 radical (unpaired) electrons. The standard InChI is InChI=1S/C7H14O3S/c1-5-3-7(8)4-6(2)11(5,9)10/h5-8H,3-4H2,1-2H3. The third-order valence-corrected chi connectivity index (χ3v) is 4.96. The third kappa shape index (κ3) is 1.56. The minimum Gasteiger partial charge on any atom is -0.393 e. The molecule has 0 bridgehead atoms. The molecule has 4 heteroatoms. The van der Waals surface area contributed by atoms with Crippen molar-refractivity contribution in [3.8, 4) is 0 Å². The summed E-state index contributed by atoms with van der Waals surface area (Å²) in [5.74, 6) is 0. The summed E-state index contributed by atoms with van der Waals surface area (Å²) in [6, 6.07) is 0. The van der Waals surface area contributed by atoms with Gasteiger partial charge in [-0.3, -0.25) is 0 Å². The molecule has 1 rings (SSSR count). The summed E-state index contributed by atoms with van der Waals surface area (Å²) < 4.78 is 22.7. The van der Waals surface area contributed by atoms with Crippen molar-refractivity contribution in [2.24, 2.45) is 0 Å². The first-order valence-corrected chi connectivity index (χ1v) is 5.46. The maximum absolute atomic E-state index is 11.3. The Morgan fingerprint density at radius 3 is 1.91 bits per heavy atom. The van der Waals surface area contributed by atoms with Crippen molar-refractivity contribution >= 4 is 9.84 Å². The first-order chi connectivity index (χ1) is 4.94. The van der Waals surface area contributed by atoms with Crippen LogP contribution in [-0.2, 0) is 9.84 Å². The summed E-state index contributed by atoms with van der Waals surface area (Å²) >= 11 is 0. The number of sulfone groups is 1. The van der Waals surface area contributed by atoms with E-state index in [4.69, 9.17) is 0 Å². The van der Waals surface area contributed by atoms with E-state index in [9.17, 15) is 13.5 Å². The molecule has 0 aromatic carbocycles. The van der Waals surface area contributed by atoms with E-state index in [1.54, 1.807) is 13.8 Å². The molecule has 0 saturated carbocycles. The molecular formula is C7H14O3S. The third-order valence-electron chi connectivity index (χ3n) is 2.33. The van der Waals surface area contributed by atoms with Gasteiger partial charge in [0.2, 0.25) is 0 Å². The monoisotopic (exact) mass is 178 g/mol. The Morgan fingerprint density at radius 2 is 1.55 bits per heavy atom. The molecule has 2 unspecified atom stereocenters. The Bertz CT molecular complexity index is 214. The van der Waals surface area contributed by atoms with Crippen molar-refractivity contribution in [2.45, 2.75) is 43.3 Å². The maximum atomic E-state index is 11.3. The zero-order valence-electron chi connectivity index (χ0n) is 6.82. The average Bonchev–Trinajstić information content (AvgIpc) is 1.84. The number of hydrogen-bond donors (Lipinski definition) is 1. The van der Waals surface area contributed by atoms with Crippen molar-refractivity contribution in [1.29, 1.82) is 0 Å². The molecule has 1 aliphatic heterocycles. The van der Waals surface area contributed by atoms with Crippen molar-refractivity contribution in [3.63, 3.8) is 0 Å². The van der Waals surface area contributed by atoms with Crippen LogP contribution < -0.4 is 0 Å². The topological polar surface area (TPSA) is 54.4 Å². The van der Waals surface area contributed by atoms with Gasteiger partial charge in [-0.15, -0.1) is 0 Å². The van der Waals surface area contributed by atoms with Gasteiger partial charge < -0.3 is 5.11 Å². The highest BCUT2D eigenvalue weighted by atomic mass is 32.2. The van der Waals surface area contributed by atoms with Gasteiger partial charge in [0.1, 0.15) is 0 Å². The van der Waals surface area contributed by atoms with Gasteiger partial charge in [-0.05, 0) is 26.7 Å². The van der Waals surface area contributed by atoms with Gasteiger partial charge in [0, 0.05) is 0 Å². The molecule has 0 amide bonds. The van der Waals surface area contributed by atoms with Crippen LogP contribution in [-0.4, -0.2) is 30.1 Å². The first kappa shape index (κ1) is 9.00. The van der Waals surface area contributed by atoms with Crippen LogP contribution in [0.1, 0.15) is 26.7 Å². The van der Waals surface area contributed by atoms with E-state index in [-0.39, 0.29) is 10.5 Å². The van der Waals surface area contributed by atoms with E-state index in [0.717, 1.165) is 0 Å². The number of aliphatic hydroxyl groups excluding tert-OH is 1. The normalized spacial score (nSPS) is 43.7. The summed E-state index contributed by atoms with van der Waals surface area (Å²) in [5.41, 5.74) is 0. The first-order valence-electron chi connectivity index (χ1n) is 3.85. The Hall–Kier alpha value is -0.0900. The van der Waals surface area contributed by atoms with Gasteiger partial charge in [0.05, 0.1) is 16.6 Å². The summed E-state index contributed by atoms with van der Waals surface area (Å²) in [6.07, 6.45) is 0.364. The van der Waals surface area contributed by atoms with Crippen molar-refractivity contribution in [2.75, 3.05) is 0 Å². The van der Waals surface area contributed by atoms with Crippen LogP contribution in [0.25, 0.3) is 0 Å². The lowest BCUT2D eigenvalue weighted by molar-refractivity contribution is 0.147. The molecule has 1 heterocycles. The van der Waals surface area contributed by atoms with Crippen LogP contribution in [0, 0.1) is 0 Å². The highest BCUT2D eigenvalue weighted by Crippen LogP contribution is 2.25. The molecule has 1 aliphatic rings. The maximum Gasteiger partial charge on any atom is 0.155 e. The minimum absolute atomic E-state index is 0.374. The predicted octanol–water partition coefficient (Wildman–Crippen LogP) is 0.333. The lowest BCUT2D eigenvalue weighted by atomic mass is 10.1. The Morgan fingerprint density at radius 1 is 1.18 bits per heavy atom. The summed E-state index contributed by atoms with van der Waals surface area (Å²) in [7, 11) is -2.93. The Balaban J connectivity index is 2.85. The number of rotatable bonds is 0. The molecule has 0 aromatic heterocycles. The highest BCUT2D eigenvalue weighted by molar-refractivity contribution is 7.92. The van der Waals surface area contributed by atoms with Crippen LogP contribution in [0.5, 0.6) is 0 Å². The predicted molar refractivity (Wildman–Crippen MR) is 43.1 cm³/mol. The molecule has 1 N–H and O–H groups in total. The summed E-state index contributed by atoms with van der Waals surface area (Å²) in [4.78, 5) is 0. The van der Waals surface area contributed by atoms with Gasteiger partial charge in [-0.25, -0.2) is 8.42 Å². The van der Waals surface area contributed by atoms with E-state index in [2.05, 4.69) is 0 Å². The molecule has 0 aliphatic carbocycles. The minimum atomic E-state index is -2.93. The van der Waals surface area contributed by atoms with E-state index in [1.165, 1.54) is 0 Å². The lowest BCUT2D eigenvalue weighted by Gasteiger charge is -2.28. The summed E-state index contributed by atoms with van der Waals surface area (Å²) in [5, 5.41) is 8.47. The van der Waals surface area contributed by atoms with Gasteiger partial charge in [0.15, 0.2) is 9.84 Å². The smallest absolute Gasteiger partial charge is 0.155 e. The molecule has 66 valence electrons. The fourth-order valence-electron chi connectivity index (χ4n) is 1.53. The van der Waals surface area contributed by atoms with Gasteiger partial charge in [0.25, 0.3) is 0 Å². The van der Waals surface area contributed by atoms with Crippen molar-refractivity contribution in [1.82, 2.24) is 0 Å². The number of hydrogen-bond acceptors (Lipinski definition) is 3. The molecule has 3 nitrogen and oxygen atoms in total. The highest BCUT2D eigenvalue weighted by Gasteiger charge is 2.35. The molecule has 1 fully saturated rings. The van der Waals surface area contributed by atoms with Crippen LogP contribution in [0.4, 0.5) is 0 Å². The van der Waals surface area contributed by atoms with Crippen molar-refractivity contribution in [3.05, 3.63) is 0 Å². The van der Waals surface area contributed by atoms with E-state index < -0.39 is 15.9 Å². The van der Waals surface area contributed by atoms with Crippen LogP contribution in [0.3, 0.4) is 0 Å². The molecule has 0 spiro atoms. The molecule has 1 saturated heterocycles. The number of aliphatic hydroxyl groups is 1. The molecule has 0 aromatic rings. The van der Waals surface area contributed by atoms with Crippen LogP contribution in [0.15, 0.2) is 0 Å². The summed E-state index contributed by atoms with van der Waals surface area (Å²) in [6.45, 7) is 3.32. The molecular weight excluding hydrogens is 164 g/mol. The van der Waals surface area contributed by atoms with Gasteiger partial charge in [-0.2, -0.15) is 0 Å². The van der Waals surface area contributed by atoms with Gasteiger partial charge in [-0.1, -0.05) is 0 Å². The zero-order chi connectivity index (χ0) is 8.65. The largest absolute Gasteiger partial charge is 0.393 e. The second kappa shape index (κ2) is 2.75. The Labute approximate surface area is 67.3 Å². The van der Waals surface area contributed by atoms with Crippen LogP contribution >= 0.6 is 0 Å².